The summed E-state index contributed by atoms with van der Waals surface area (Å²) in [6, 6.07) is 20.1. The maximum atomic E-state index is 12.6. The summed E-state index contributed by atoms with van der Waals surface area (Å²) in [5.74, 6) is -0.348. The number of ether oxygens (including phenoxy) is 1. The van der Waals surface area contributed by atoms with Gasteiger partial charge in [-0.1, -0.05) is 54.6 Å². The van der Waals surface area contributed by atoms with Gasteiger partial charge in [-0.05, 0) is 31.5 Å². The summed E-state index contributed by atoms with van der Waals surface area (Å²) in [5.41, 5.74) is 3.70. The quantitative estimate of drug-likeness (QED) is 0.769. The molecule has 1 unspecified atom stereocenters. The lowest BCUT2D eigenvalue weighted by atomic mass is 9.87. The summed E-state index contributed by atoms with van der Waals surface area (Å²) in [6.45, 7) is 4.17. The van der Waals surface area contributed by atoms with Gasteiger partial charge in [0.05, 0.1) is 12.2 Å². The third-order valence-electron chi connectivity index (χ3n) is 4.18. The normalized spacial score (nSPS) is 17.1. The predicted octanol–water partition coefficient (Wildman–Crippen LogP) is 4.64. The number of para-hydroxylation sites is 1. The Hall–Kier alpha value is -2.81. The van der Waals surface area contributed by atoms with E-state index in [9.17, 15) is 4.79 Å². The van der Waals surface area contributed by atoms with E-state index in [1.807, 2.05) is 85.6 Å². The number of allylic oxidation sites excluding steroid dienone is 2. The van der Waals surface area contributed by atoms with Gasteiger partial charge in [-0.15, -0.1) is 0 Å². The van der Waals surface area contributed by atoms with Crippen molar-refractivity contribution in [2.24, 2.45) is 0 Å². The predicted molar refractivity (Wildman–Crippen MR) is 96.6 cm³/mol. The second-order valence-electron chi connectivity index (χ2n) is 5.65. The molecule has 0 saturated heterocycles. The van der Waals surface area contributed by atoms with Gasteiger partial charge >= 0.3 is 5.97 Å². The molecule has 1 heterocycles. The molecule has 0 aromatic heterocycles. The number of benzene rings is 2. The van der Waals surface area contributed by atoms with Gasteiger partial charge in [0.1, 0.15) is 0 Å². The molecule has 0 saturated carbocycles. The van der Waals surface area contributed by atoms with E-state index in [4.69, 9.17) is 4.74 Å². The van der Waals surface area contributed by atoms with Gasteiger partial charge in [0.15, 0.2) is 0 Å². The Balaban J connectivity index is 2.06. The van der Waals surface area contributed by atoms with E-state index in [1.54, 1.807) is 0 Å². The number of hydrogen-bond donors (Lipinski definition) is 0. The Kier molecular flexibility index (Phi) is 4.80. The second kappa shape index (κ2) is 7.18. The number of rotatable bonds is 4. The van der Waals surface area contributed by atoms with Crippen LogP contribution < -0.4 is 4.90 Å². The van der Waals surface area contributed by atoms with Gasteiger partial charge in [-0.3, -0.25) is 0 Å². The molecule has 3 rings (SSSR count). The van der Waals surface area contributed by atoms with Crippen molar-refractivity contribution >= 4 is 11.7 Å². The molecule has 0 fully saturated rings. The highest BCUT2D eigenvalue weighted by Crippen LogP contribution is 2.36. The van der Waals surface area contributed by atoms with E-state index in [0.717, 1.165) is 16.9 Å². The van der Waals surface area contributed by atoms with Gasteiger partial charge in [-0.25, -0.2) is 4.79 Å². The molecule has 0 N–H and O–H groups in total. The zero-order valence-corrected chi connectivity index (χ0v) is 14.0. The lowest BCUT2D eigenvalue weighted by Crippen LogP contribution is -2.26. The van der Waals surface area contributed by atoms with Crippen molar-refractivity contribution in [3.8, 4) is 0 Å². The molecule has 1 atom stereocenters. The third kappa shape index (κ3) is 3.11. The highest BCUT2D eigenvalue weighted by molar-refractivity contribution is 5.93. The second-order valence-corrected chi connectivity index (χ2v) is 5.65. The highest BCUT2D eigenvalue weighted by Gasteiger charge is 2.29. The topological polar surface area (TPSA) is 29.5 Å². The van der Waals surface area contributed by atoms with Crippen molar-refractivity contribution in [1.29, 1.82) is 0 Å². The van der Waals surface area contributed by atoms with E-state index in [1.165, 1.54) is 0 Å². The average molecular weight is 319 g/mol. The molecule has 0 aliphatic carbocycles. The van der Waals surface area contributed by atoms with E-state index in [2.05, 4.69) is 6.08 Å². The molecule has 0 bridgehead atoms. The Morgan fingerprint density at radius 2 is 1.67 bits per heavy atom. The molecular formula is C21H21NO2. The molecule has 2 aromatic carbocycles. The summed E-state index contributed by atoms with van der Waals surface area (Å²) in [5, 5.41) is 0. The molecule has 1 aliphatic heterocycles. The van der Waals surface area contributed by atoms with Gasteiger partial charge in [-0.2, -0.15) is 0 Å². The Labute approximate surface area is 142 Å². The molecule has 1 aliphatic rings. The van der Waals surface area contributed by atoms with Crippen LogP contribution in [0.15, 0.2) is 84.2 Å². The van der Waals surface area contributed by atoms with Crippen molar-refractivity contribution in [3.63, 3.8) is 0 Å². The average Bonchev–Trinajstić information content (AvgIpc) is 2.63. The maximum absolute atomic E-state index is 12.6. The van der Waals surface area contributed by atoms with Crippen molar-refractivity contribution in [1.82, 2.24) is 0 Å². The first-order valence-electron chi connectivity index (χ1n) is 8.17. The SMILES string of the molecule is CCOC(=O)C1=C(C)N(c2ccccc2)C=CC1c1ccccc1. The van der Waals surface area contributed by atoms with E-state index >= 15 is 0 Å². The molecule has 122 valence electrons. The fourth-order valence-corrected chi connectivity index (χ4v) is 3.02. The molecule has 0 spiro atoms. The van der Waals surface area contributed by atoms with Crippen LogP contribution in [0.1, 0.15) is 25.3 Å². The Bertz CT molecular complexity index is 763. The summed E-state index contributed by atoms with van der Waals surface area (Å²) >= 11 is 0. The molecule has 3 heteroatoms. The lowest BCUT2D eigenvalue weighted by molar-refractivity contribution is -0.138. The molecule has 2 aromatic rings. The van der Waals surface area contributed by atoms with Crippen LogP contribution >= 0.6 is 0 Å². The minimum absolute atomic E-state index is 0.0924. The lowest BCUT2D eigenvalue weighted by Gasteiger charge is -2.31. The smallest absolute Gasteiger partial charge is 0.336 e. The molecule has 24 heavy (non-hydrogen) atoms. The van der Waals surface area contributed by atoms with Crippen molar-refractivity contribution in [2.45, 2.75) is 19.8 Å². The van der Waals surface area contributed by atoms with Crippen molar-refractivity contribution in [2.75, 3.05) is 11.5 Å². The van der Waals surface area contributed by atoms with Crippen LogP contribution in [0.5, 0.6) is 0 Å². The first kappa shape index (κ1) is 16.1. The summed E-state index contributed by atoms with van der Waals surface area (Å²) in [4.78, 5) is 14.7. The number of anilines is 1. The van der Waals surface area contributed by atoms with E-state index in [-0.39, 0.29) is 11.9 Å². The Morgan fingerprint density at radius 1 is 1.04 bits per heavy atom. The van der Waals surface area contributed by atoms with Crippen molar-refractivity contribution in [3.05, 3.63) is 89.8 Å². The van der Waals surface area contributed by atoms with E-state index < -0.39 is 0 Å². The maximum Gasteiger partial charge on any atom is 0.336 e. The van der Waals surface area contributed by atoms with Gasteiger partial charge in [0.25, 0.3) is 0 Å². The van der Waals surface area contributed by atoms with Crippen LogP contribution in [0.3, 0.4) is 0 Å². The number of nitrogens with zero attached hydrogens (tertiary/aromatic N) is 1. The monoisotopic (exact) mass is 319 g/mol. The summed E-state index contributed by atoms with van der Waals surface area (Å²) in [6.07, 6.45) is 4.09. The van der Waals surface area contributed by atoms with Crippen LogP contribution in [0.4, 0.5) is 5.69 Å². The van der Waals surface area contributed by atoms with Crippen LogP contribution in [0.2, 0.25) is 0 Å². The zero-order chi connectivity index (χ0) is 16.9. The highest BCUT2D eigenvalue weighted by atomic mass is 16.5. The van der Waals surface area contributed by atoms with E-state index in [0.29, 0.717) is 12.2 Å². The van der Waals surface area contributed by atoms with Crippen molar-refractivity contribution < 1.29 is 9.53 Å². The molecule has 3 nitrogen and oxygen atoms in total. The number of carbonyl (C=O) groups excluding carboxylic acids is 1. The standard InChI is InChI=1S/C21H21NO2/c1-3-24-21(23)20-16(2)22(18-12-8-5-9-13-18)15-14-19(20)17-10-6-4-7-11-17/h4-15,19H,3H2,1-2H3. The minimum atomic E-state index is -0.255. The van der Waals surface area contributed by atoms with Gasteiger partial charge in [0, 0.05) is 23.5 Å². The molecule has 0 amide bonds. The van der Waals surface area contributed by atoms with Crippen LogP contribution in [0, 0.1) is 0 Å². The van der Waals surface area contributed by atoms with Crippen LogP contribution in [-0.4, -0.2) is 12.6 Å². The number of carbonyl (C=O) groups is 1. The van der Waals surface area contributed by atoms with Crippen LogP contribution in [0.25, 0.3) is 0 Å². The Morgan fingerprint density at radius 3 is 2.29 bits per heavy atom. The molecule has 0 radical (unpaired) electrons. The summed E-state index contributed by atoms with van der Waals surface area (Å²) in [7, 11) is 0. The van der Waals surface area contributed by atoms with Gasteiger partial charge < -0.3 is 9.64 Å². The van der Waals surface area contributed by atoms with Crippen LogP contribution in [-0.2, 0) is 9.53 Å². The minimum Gasteiger partial charge on any atom is -0.463 e. The third-order valence-corrected chi connectivity index (χ3v) is 4.18. The number of hydrogen-bond acceptors (Lipinski definition) is 3. The number of esters is 1. The zero-order valence-electron chi connectivity index (χ0n) is 14.0. The molecular weight excluding hydrogens is 298 g/mol. The first-order chi connectivity index (χ1) is 11.7. The fraction of sp³-hybridized carbons (Fsp3) is 0.190. The summed E-state index contributed by atoms with van der Waals surface area (Å²) < 4.78 is 5.33. The largest absolute Gasteiger partial charge is 0.463 e. The first-order valence-corrected chi connectivity index (χ1v) is 8.17. The fourth-order valence-electron chi connectivity index (χ4n) is 3.02. The van der Waals surface area contributed by atoms with Gasteiger partial charge in [0.2, 0.25) is 0 Å².